The minimum absolute atomic E-state index is 0.297. The van der Waals surface area contributed by atoms with Crippen LogP contribution in [-0.4, -0.2) is 5.25 Å². The van der Waals surface area contributed by atoms with E-state index in [1.807, 2.05) is 0 Å². The van der Waals surface area contributed by atoms with Crippen LogP contribution in [0.25, 0.3) is 0 Å². The van der Waals surface area contributed by atoms with Crippen molar-refractivity contribution < 1.29 is 0 Å². The second kappa shape index (κ2) is 2.84. The first kappa shape index (κ1) is 7.29. The molecule has 0 radical (unpaired) electrons. The van der Waals surface area contributed by atoms with Crippen LogP contribution in [0.1, 0.15) is 13.3 Å². The molecule has 0 aromatic rings. The fraction of sp³-hybridized carbons (Fsp3) is 0.429. The molecule has 0 aliphatic heterocycles. The molecule has 0 amide bonds. The first-order valence-electron chi connectivity index (χ1n) is 2.95. The van der Waals surface area contributed by atoms with Crippen LogP contribution < -0.4 is 0 Å². The molecule has 0 saturated carbocycles. The van der Waals surface area contributed by atoms with E-state index in [4.69, 9.17) is 0 Å². The molecule has 9 heavy (non-hydrogen) atoms. The minimum Gasteiger partial charge on any atom is -0.167 e. The van der Waals surface area contributed by atoms with Crippen molar-refractivity contribution in [3.8, 4) is 0 Å². The highest BCUT2D eigenvalue weighted by Gasteiger charge is 2.07. The highest BCUT2D eigenvalue weighted by molar-refractivity contribution is 7.84. The van der Waals surface area contributed by atoms with Gasteiger partial charge in [0.1, 0.15) is 0 Å². The summed E-state index contributed by atoms with van der Waals surface area (Å²) in [5.41, 5.74) is 1.28. The van der Waals surface area contributed by atoms with Crippen molar-refractivity contribution in [1.82, 2.24) is 0 Å². The molecule has 0 aromatic carbocycles. The monoisotopic (exact) mass is 158 g/mol. The van der Waals surface area contributed by atoms with Crippen LogP contribution in [0.4, 0.5) is 0 Å². The van der Waals surface area contributed by atoms with Crippen LogP contribution in [0.2, 0.25) is 0 Å². The molecule has 50 valence electrons. The van der Waals surface area contributed by atoms with E-state index in [9.17, 15) is 0 Å². The zero-order chi connectivity index (χ0) is 6.85. The van der Waals surface area contributed by atoms with Crippen molar-refractivity contribution in [3.05, 3.63) is 22.6 Å². The van der Waals surface area contributed by atoms with Gasteiger partial charge >= 0.3 is 0 Å². The van der Waals surface area contributed by atoms with Gasteiger partial charge in [0.15, 0.2) is 0 Å². The predicted molar refractivity (Wildman–Crippen MR) is 48.2 cm³/mol. The number of thiol groups is 2. The van der Waals surface area contributed by atoms with Crippen LogP contribution >= 0.6 is 25.3 Å². The second-order valence-corrected chi connectivity index (χ2v) is 3.30. The topological polar surface area (TPSA) is 0 Å². The van der Waals surface area contributed by atoms with Gasteiger partial charge in [0.25, 0.3) is 0 Å². The predicted octanol–water partition coefficient (Wildman–Crippen LogP) is 2.45. The Morgan fingerprint density at radius 1 is 1.67 bits per heavy atom. The maximum atomic E-state index is 4.32. The molecule has 0 heterocycles. The minimum atomic E-state index is 0.297. The number of hydrogen-bond donors (Lipinski definition) is 2. The van der Waals surface area contributed by atoms with Gasteiger partial charge in [-0.3, -0.25) is 0 Å². The second-order valence-electron chi connectivity index (χ2n) is 2.21. The maximum absolute atomic E-state index is 4.32. The van der Waals surface area contributed by atoms with Crippen molar-refractivity contribution in [2.24, 2.45) is 0 Å². The average molecular weight is 158 g/mol. The average Bonchev–Trinajstić information content (AvgIpc) is 1.83. The molecule has 0 aromatic heterocycles. The van der Waals surface area contributed by atoms with Gasteiger partial charge in [-0.25, -0.2) is 0 Å². The molecule has 1 aliphatic carbocycles. The smallest absolute Gasteiger partial charge is 0.0414 e. The van der Waals surface area contributed by atoms with Crippen LogP contribution in [0.3, 0.4) is 0 Å². The van der Waals surface area contributed by atoms with Crippen LogP contribution in [0, 0.1) is 0 Å². The summed E-state index contributed by atoms with van der Waals surface area (Å²) >= 11 is 8.62. The van der Waals surface area contributed by atoms with E-state index in [2.05, 4.69) is 44.3 Å². The normalized spacial score (nSPS) is 27.2. The maximum Gasteiger partial charge on any atom is 0.0414 e. The third kappa shape index (κ3) is 1.55. The van der Waals surface area contributed by atoms with E-state index in [0.717, 1.165) is 11.3 Å². The summed E-state index contributed by atoms with van der Waals surface area (Å²) in [6.45, 7) is 2.07. The SMILES string of the molecule is CC1=C(S)CC=CC1S. The van der Waals surface area contributed by atoms with E-state index in [1.165, 1.54) is 5.57 Å². The lowest BCUT2D eigenvalue weighted by molar-refractivity contribution is 1.12. The molecule has 0 saturated heterocycles. The van der Waals surface area contributed by atoms with Crippen LogP contribution in [0.5, 0.6) is 0 Å². The van der Waals surface area contributed by atoms with Crippen molar-refractivity contribution in [3.63, 3.8) is 0 Å². The lowest BCUT2D eigenvalue weighted by atomic mass is 10.1. The van der Waals surface area contributed by atoms with Gasteiger partial charge in [-0.15, -0.1) is 12.6 Å². The lowest BCUT2D eigenvalue weighted by Gasteiger charge is -2.13. The number of hydrogen-bond acceptors (Lipinski definition) is 2. The summed E-state index contributed by atoms with van der Waals surface area (Å²) in [4.78, 5) is 1.16. The fourth-order valence-corrected chi connectivity index (χ4v) is 1.41. The Kier molecular flexibility index (Phi) is 2.30. The quantitative estimate of drug-likeness (QED) is 0.392. The summed E-state index contributed by atoms with van der Waals surface area (Å²) in [7, 11) is 0. The van der Waals surface area contributed by atoms with Gasteiger partial charge < -0.3 is 0 Å². The van der Waals surface area contributed by atoms with Crippen molar-refractivity contribution in [2.75, 3.05) is 0 Å². The summed E-state index contributed by atoms with van der Waals surface area (Å²) in [5.74, 6) is 0. The molecule has 0 nitrogen and oxygen atoms in total. The summed E-state index contributed by atoms with van der Waals surface area (Å²) < 4.78 is 0. The summed E-state index contributed by atoms with van der Waals surface area (Å²) in [6.07, 6.45) is 5.18. The number of rotatable bonds is 0. The first-order valence-corrected chi connectivity index (χ1v) is 3.91. The molecule has 1 unspecified atom stereocenters. The van der Waals surface area contributed by atoms with E-state index < -0.39 is 0 Å². The highest BCUT2D eigenvalue weighted by atomic mass is 32.1. The Hall–Kier alpha value is 0.180. The van der Waals surface area contributed by atoms with E-state index in [1.54, 1.807) is 0 Å². The van der Waals surface area contributed by atoms with Crippen molar-refractivity contribution in [1.29, 1.82) is 0 Å². The summed E-state index contributed by atoms with van der Waals surface area (Å²) in [5, 5.41) is 0.297. The van der Waals surface area contributed by atoms with E-state index in [-0.39, 0.29) is 0 Å². The van der Waals surface area contributed by atoms with Gasteiger partial charge in [-0.2, -0.15) is 12.6 Å². The lowest BCUT2D eigenvalue weighted by Crippen LogP contribution is -2.01. The van der Waals surface area contributed by atoms with Crippen molar-refractivity contribution in [2.45, 2.75) is 18.6 Å². The van der Waals surface area contributed by atoms with E-state index >= 15 is 0 Å². The highest BCUT2D eigenvalue weighted by Crippen LogP contribution is 2.24. The first-order chi connectivity index (χ1) is 4.22. The molecule has 1 rings (SSSR count). The molecule has 0 N–H and O–H groups in total. The standard InChI is InChI=1S/C7H10S2/c1-5-6(8)3-2-4-7(5)9/h2-3,6,8-9H,4H2,1H3. The third-order valence-electron chi connectivity index (χ3n) is 1.53. The Bertz CT molecular complexity index is 168. The Labute approximate surface area is 66.9 Å². The van der Waals surface area contributed by atoms with Gasteiger partial charge in [0, 0.05) is 5.25 Å². The van der Waals surface area contributed by atoms with Gasteiger partial charge in [0.05, 0.1) is 0 Å². The van der Waals surface area contributed by atoms with Gasteiger partial charge in [0.2, 0.25) is 0 Å². The van der Waals surface area contributed by atoms with Gasteiger partial charge in [-0.1, -0.05) is 12.2 Å². The summed E-state index contributed by atoms with van der Waals surface area (Å²) in [6, 6.07) is 0. The molecule has 0 spiro atoms. The zero-order valence-electron chi connectivity index (χ0n) is 5.33. The fourth-order valence-electron chi connectivity index (χ4n) is 0.785. The van der Waals surface area contributed by atoms with Crippen LogP contribution in [0.15, 0.2) is 22.6 Å². The Morgan fingerprint density at radius 2 is 2.33 bits per heavy atom. The van der Waals surface area contributed by atoms with Crippen LogP contribution in [-0.2, 0) is 0 Å². The Morgan fingerprint density at radius 3 is 2.78 bits per heavy atom. The molecule has 1 aliphatic rings. The molecule has 0 fully saturated rings. The third-order valence-corrected chi connectivity index (χ3v) is 2.62. The molecule has 0 bridgehead atoms. The molecular formula is C7H10S2. The van der Waals surface area contributed by atoms with Crippen molar-refractivity contribution >= 4 is 25.3 Å². The van der Waals surface area contributed by atoms with Gasteiger partial charge in [-0.05, 0) is 23.8 Å². The Balaban J connectivity index is 2.79. The van der Waals surface area contributed by atoms with E-state index in [0.29, 0.717) is 5.25 Å². The largest absolute Gasteiger partial charge is 0.167 e. The zero-order valence-corrected chi connectivity index (χ0v) is 7.12. The molecule has 2 heteroatoms. The molecule has 1 atom stereocenters. The number of allylic oxidation sites excluding steroid dienone is 2. The molecular weight excluding hydrogens is 148 g/mol.